The Morgan fingerprint density at radius 1 is 1.42 bits per heavy atom. The maximum Gasteiger partial charge on any atom is 0.179 e. The Labute approximate surface area is 119 Å². The van der Waals surface area contributed by atoms with E-state index >= 15 is 0 Å². The predicted octanol–water partition coefficient (Wildman–Crippen LogP) is 2.76. The van der Waals surface area contributed by atoms with Crippen LogP contribution in [0.25, 0.3) is 0 Å². The van der Waals surface area contributed by atoms with Gasteiger partial charge >= 0.3 is 0 Å². The molecule has 0 saturated heterocycles. The number of carbonyl (C=O) groups excluding carboxylic acids is 1. The summed E-state index contributed by atoms with van der Waals surface area (Å²) in [6.45, 7) is 2.57. The number of rotatable bonds is 6. The molecule has 1 aliphatic rings. The zero-order valence-corrected chi connectivity index (χ0v) is 11.9. The minimum Gasteiger partial charge on any atom is -0.395 e. The molecule has 3 nitrogen and oxygen atoms in total. The highest BCUT2D eigenvalue weighted by molar-refractivity contribution is 6.30. The molecule has 1 N–H and O–H groups in total. The maximum atomic E-state index is 12.5. The van der Waals surface area contributed by atoms with Crippen molar-refractivity contribution in [3.05, 3.63) is 34.9 Å². The molecule has 1 aliphatic carbocycles. The van der Waals surface area contributed by atoms with Crippen LogP contribution in [0.4, 0.5) is 0 Å². The minimum absolute atomic E-state index is 0.0920. The third-order valence-electron chi connectivity index (χ3n) is 3.91. The van der Waals surface area contributed by atoms with Crippen molar-refractivity contribution in [3.63, 3.8) is 0 Å². The number of benzene rings is 1. The van der Waals surface area contributed by atoms with E-state index in [4.69, 9.17) is 11.6 Å². The highest BCUT2D eigenvalue weighted by Gasteiger charge is 2.31. The lowest BCUT2D eigenvalue weighted by Crippen LogP contribution is -2.49. The van der Waals surface area contributed by atoms with Gasteiger partial charge < -0.3 is 5.11 Å². The lowest BCUT2D eigenvalue weighted by Gasteiger charge is -2.40. The van der Waals surface area contributed by atoms with Crippen LogP contribution in [0.2, 0.25) is 5.02 Å². The first-order chi connectivity index (χ1) is 9.13. The van der Waals surface area contributed by atoms with Crippen molar-refractivity contribution in [3.8, 4) is 0 Å². The van der Waals surface area contributed by atoms with Gasteiger partial charge in [-0.3, -0.25) is 9.69 Å². The average molecular weight is 282 g/mol. The zero-order chi connectivity index (χ0) is 13.8. The molecular formula is C15H20ClNO2. The summed E-state index contributed by atoms with van der Waals surface area (Å²) in [5.74, 6) is 0.0945. The van der Waals surface area contributed by atoms with E-state index in [1.54, 1.807) is 24.3 Å². The van der Waals surface area contributed by atoms with Gasteiger partial charge in [-0.15, -0.1) is 0 Å². The van der Waals surface area contributed by atoms with Gasteiger partial charge in [-0.25, -0.2) is 0 Å². The molecule has 0 spiro atoms. The number of ketones is 1. The van der Waals surface area contributed by atoms with Crippen molar-refractivity contribution in [1.29, 1.82) is 0 Å². The Morgan fingerprint density at radius 2 is 2.05 bits per heavy atom. The van der Waals surface area contributed by atoms with E-state index in [2.05, 4.69) is 4.90 Å². The lowest BCUT2D eigenvalue weighted by atomic mass is 9.89. The second-order valence-electron chi connectivity index (χ2n) is 5.09. The standard InChI is InChI=1S/C15H20ClNO2/c1-11(17(9-10-18)14-3-2-4-14)15(19)12-5-7-13(16)8-6-12/h5-8,11,14,18H,2-4,9-10H2,1H3. The summed E-state index contributed by atoms with van der Waals surface area (Å²) in [6.07, 6.45) is 3.46. The van der Waals surface area contributed by atoms with E-state index in [-0.39, 0.29) is 18.4 Å². The second-order valence-corrected chi connectivity index (χ2v) is 5.53. The van der Waals surface area contributed by atoms with Crippen molar-refractivity contribution in [1.82, 2.24) is 4.90 Å². The molecule has 4 heteroatoms. The molecular weight excluding hydrogens is 262 g/mol. The maximum absolute atomic E-state index is 12.5. The van der Waals surface area contributed by atoms with Crippen LogP contribution in [-0.4, -0.2) is 41.0 Å². The molecule has 1 unspecified atom stereocenters. The van der Waals surface area contributed by atoms with Crippen LogP contribution >= 0.6 is 11.6 Å². The fourth-order valence-electron chi connectivity index (χ4n) is 2.53. The first-order valence-electron chi connectivity index (χ1n) is 6.80. The third-order valence-corrected chi connectivity index (χ3v) is 4.16. The number of aliphatic hydroxyl groups is 1. The van der Waals surface area contributed by atoms with E-state index in [9.17, 15) is 9.90 Å². The molecule has 0 amide bonds. The van der Waals surface area contributed by atoms with Gasteiger partial charge in [-0.2, -0.15) is 0 Å². The van der Waals surface area contributed by atoms with Crippen LogP contribution in [0.3, 0.4) is 0 Å². The molecule has 0 aliphatic heterocycles. The van der Waals surface area contributed by atoms with E-state index in [1.165, 1.54) is 6.42 Å². The Bertz CT molecular complexity index is 428. The van der Waals surface area contributed by atoms with Crippen molar-refractivity contribution < 1.29 is 9.90 Å². The van der Waals surface area contributed by atoms with E-state index in [0.717, 1.165) is 12.8 Å². The van der Waals surface area contributed by atoms with Crippen molar-refractivity contribution >= 4 is 17.4 Å². The Balaban J connectivity index is 2.09. The van der Waals surface area contributed by atoms with Crippen LogP contribution in [0, 0.1) is 0 Å². The van der Waals surface area contributed by atoms with Gasteiger partial charge in [0.2, 0.25) is 0 Å². The smallest absolute Gasteiger partial charge is 0.179 e. The Morgan fingerprint density at radius 3 is 2.53 bits per heavy atom. The molecule has 2 rings (SSSR count). The number of carbonyl (C=O) groups is 1. The number of Topliss-reactive ketones (excluding diaryl/α,β-unsaturated/α-hetero) is 1. The number of aliphatic hydroxyl groups excluding tert-OH is 1. The minimum atomic E-state index is -0.196. The molecule has 104 valence electrons. The number of hydrogen-bond acceptors (Lipinski definition) is 3. The molecule has 0 radical (unpaired) electrons. The van der Waals surface area contributed by atoms with Gasteiger partial charge in [0.25, 0.3) is 0 Å². The molecule has 1 atom stereocenters. The van der Waals surface area contributed by atoms with Crippen molar-refractivity contribution in [2.75, 3.05) is 13.2 Å². The van der Waals surface area contributed by atoms with E-state index in [0.29, 0.717) is 23.2 Å². The molecule has 19 heavy (non-hydrogen) atoms. The summed E-state index contributed by atoms with van der Waals surface area (Å²) in [5.41, 5.74) is 0.680. The zero-order valence-electron chi connectivity index (χ0n) is 11.2. The van der Waals surface area contributed by atoms with Gasteiger partial charge in [0.1, 0.15) is 0 Å². The second kappa shape index (κ2) is 6.51. The predicted molar refractivity (Wildman–Crippen MR) is 76.7 cm³/mol. The first-order valence-corrected chi connectivity index (χ1v) is 7.17. The van der Waals surface area contributed by atoms with Crippen LogP contribution in [0.1, 0.15) is 36.5 Å². The SMILES string of the molecule is CC(C(=O)c1ccc(Cl)cc1)N(CCO)C1CCC1. The molecule has 0 aromatic heterocycles. The summed E-state index contributed by atoms with van der Waals surface area (Å²) < 4.78 is 0. The van der Waals surface area contributed by atoms with Gasteiger partial charge in [-0.05, 0) is 44.0 Å². The molecule has 1 saturated carbocycles. The van der Waals surface area contributed by atoms with Gasteiger partial charge in [0.05, 0.1) is 12.6 Å². The van der Waals surface area contributed by atoms with Crippen LogP contribution < -0.4 is 0 Å². The van der Waals surface area contributed by atoms with Crippen molar-refractivity contribution in [2.24, 2.45) is 0 Å². The largest absolute Gasteiger partial charge is 0.395 e. The average Bonchev–Trinajstić information content (AvgIpc) is 2.35. The highest BCUT2D eigenvalue weighted by Crippen LogP contribution is 2.27. The normalized spacial score (nSPS) is 17.3. The Hall–Kier alpha value is -0.900. The quantitative estimate of drug-likeness (QED) is 0.815. The fourth-order valence-corrected chi connectivity index (χ4v) is 2.66. The number of hydrogen-bond donors (Lipinski definition) is 1. The third kappa shape index (κ3) is 3.35. The van der Waals surface area contributed by atoms with Gasteiger partial charge in [0, 0.05) is 23.2 Å². The molecule has 1 aromatic carbocycles. The number of halogens is 1. The van der Waals surface area contributed by atoms with Crippen LogP contribution in [-0.2, 0) is 0 Å². The monoisotopic (exact) mass is 281 g/mol. The molecule has 1 fully saturated rings. The van der Waals surface area contributed by atoms with Crippen LogP contribution in [0.15, 0.2) is 24.3 Å². The summed E-state index contributed by atoms with van der Waals surface area (Å²) in [7, 11) is 0. The summed E-state index contributed by atoms with van der Waals surface area (Å²) in [4.78, 5) is 14.6. The van der Waals surface area contributed by atoms with Crippen molar-refractivity contribution in [2.45, 2.75) is 38.3 Å². The van der Waals surface area contributed by atoms with Gasteiger partial charge in [0.15, 0.2) is 5.78 Å². The number of nitrogens with zero attached hydrogens (tertiary/aromatic N) is 1. The summed E-state index contributed by atoms with van der Waals surface area (Å²) in [6, 6.07) is 7.25. The van der Waals surface area contributed by atoms with E-state index in [1.807, 2.05) is 6.92 Å². The molecule has 1 aromatic rings. The summed E-state index contributed by atoms with van der Waals surface area (Å²) in [5, 5.41) is 9.81. The van der Waals surface area contributed by atoms with Gasteiger partial charge in [-0.1, -0.05) is 18.0 Å². The molecule has 0 bridgehead atoms. The molecule has 0 heterocycles. The fraction of sp³-hybridized carbons (Fsp3) is 0.533. The Kier molecular flexibility index (Phi) is 4.97. The lowest BCUT2D eigenvalue weighted by molar-refractivity contribution is 0.0528. The van der Waals surface area contributed by atoms with E-state index < -0.39 is 0 Å². The van der Waals surface area contributed by atoms with Crippen LogP contribution in [0.5, 0.6) is 0 Å². The summed E-state index contributed by atoms with van der Waals surface area (Å²) >= 11 is 5.84. The topological polar surface area (TPSA) is 40.5 Å². The highest BCUT2D eigenvalue weighted by atomic mass is 35.5. The first kappa shape index (κ1) is 14.5.